The summed E-state index contributed by atoms with van der Waals surface area (Å²) in [5, 5.41) is 7.45. The van der Waals surface area contributed by atoms with Crippen molar-refractivity contribution < 1.29 is 0 Å². The molecule has 0 aliphatic heterocycles. The van der Waals surface area contributed by atoms with Crippen LogP contribution in [0.1, 0.15) is 6.92 Å². The molecular weight excluding hydrogens is 631 g/mol. The van der Waals surface area contributed by atoms with Crippen LogP contribution in [0.3, 0.4) is 0 Å². The van der Waals surface area contributed by atoms with E-state index in [2.05, 4.69) is 203 Å². The van der Waals surface area contributed by atoms with Crippen LogP contribution in [-0.2, 0) is 0 Å². The molecule has 0 saturated heterocycles. The highest BCUT2D eigenvalue weighted by atomic mass is 15.0. The van der Waals surface area contributed by atoms with E-state index < -0.39 is 0 Å². The van der Waals surface area contributed by atoms with Gasteiger partial charge in [0, 0.05) is 49.4 Å². The van der Waals surface area contributed by atoms with E-state index >= 15 is 0 Å². The molecule has 10 rings (SSSR count). The molecule has 0 radical (unpaired) electrons. The van der Waals surface area contributed by atoms with Crippen molar-refractivity contribution >= 4 is 71.1 Å². The average Bonchev–Trinajstić information content (AvgIpc) is 3.83. The average molecular weight is 666 g/mol. The Hall–Kier alpha value is -6.84. The standard InChI is InChI=1S/C49H35N3/c1-3-14-35(15-4-2)50-45-22-12-10-20-40(45)43-32-37(26-29-49(43)50)52-46-23-13-9-19-39(46)42-31-34(25-28-48(42)52)33-24-27-47-41(30-33)38-18-8-11-21-44(38)51(47)36-16-6-5-7-17-36/h3-32H,1H2,2H3/b15-4-,35-14+. The topological polar surface area (TPSA) is 14.8 Å². The van der Waals surface area contributed by atoms with Gasteiger partial charge in [0.1, 0.15) is 0 Å². The Labute approximate surface area is 301 Å². The monoisotopic (exact) mass is 665 g/mol. The predicted octanol–water partition coefficient (Wildman–Crippen LogP) is 13.3. The van der Waals surface area contributed by atoms with Crippen LogP contribution in [-0.4, -0.2) is 13.7 Å². The minimum Gasteiger partial charge on any atom is -0.309 e. The molecule has 0 atom stereocenters. The second-order valence-corrected chi connectivity index (χ2v) is 13.4. The first-order valence-electron chi connectivity index (χ1n) is 17.8. The van der Waals surface area contributed by atoms with Gasteiger partial charge in [-0.1, -0.05) is 104 Å². The van der Waals surface area contributed by atoms with Crippen molar-refractivity contribution in [3.8, 4) is 22.5 Å². The number of para-hydroxylation sites is 4. The maximum absolute atomic E-state index is 3.99. The van der Waals surface area contributed by atoms with Crippen LogP contribution in [0.2, 0.25) is 0 Å². The first kappa shape index (κ1) is 30.0. The summed E-state index contributed by atoms with van der Waals surface area (Å²) >= 11 is 0. The SMILES string of the molecule is C=C/C=C(\C=C/C)n1c2ccccc2c2cc(-n3c4ccccc4c4cc(-c5ccc6c(c5)c5ccccc5n6-c5ccccc5)ccc43)ccc21. The second-order valence-electron chi connectivity index (χ2n) is 13.4. The highest BCUT2D eigenvalue weighted by Crippen LogP contribution is 2.40. The Morgan fingerprint density at radius 3 is 1.50 bits per heavy atom. The lowest BCUT2D eigenvalue weighted by molar-refractivity contribution is 1.18. The molecule has 0 unspecified atom stereocenters. The molecule has 0 spiro atoms. The Bertz CT molecular complexity index is 3090. The maximum Gasteiger partial charge on any atom is 0.0542 e. The smallest absolute Gasteiger partial charge is 0.0542 e. The molecular formula is C49H35N3. The van der Waals surface area contributed by atoms with E-state index in [1.54, 1.807) is 0 Å². The van der Waals surface area contributed by atoms with Gasteiger partial charge < -0.3 is 13.7 Å². The van der Waals surface area contributed by atoms with Crippen molar-refractivity contribution in [1.82, 2.24) is 13.7 Å². The number of allylic oxidation sites excluding steroid dienone is 5. The lowest BCUT2D eigenvalue weighted by Gasteiger charge is -2.11. The molecule has 0 amide bonds. The third-order valence-corrected chi connectivity index (χ3v) is 10.5. The quantitative estimate of drug-likeness (QED) is 0.157. The van der Waals surface area contributed by atoms with Gasteiger partial charge in [-0.15, -0.1) is 0 Å². The number of nitrogens with zero attached hydrogens (tertiary/aromatic N) is 3. The van der Waals surface area contributed by atoms with Gasteiger partial charge in [-0.05, 0) is 103 Å². The van der Waals surface area contributed by atoms with Gasteiger partial charge in [0.2, 0.25) is 0 Å². The first-order valence-corrected chi connectivity index (χ1v) is 17.8. The summed E-state index contributed by atoms with van der Waals surface area (Å²) in [6.45, 7) is 6.05. The molecule has 0 fully saturated rings. The Morgan fingerprint density at radius 2 is 0.904 bits per heavy atom. The van der Waals surface area contributed by atoms with E-state index in [1.807, 2.05) is 6.08 Å². The molecule has 3 nitrogen and oxygen atoms in total. The van der Waals surface area contributed by atoms with Crippen molar-refractivity contribution in [3.63, 3.8) is 0 Å². The largest absolute Gasteiger partial charge is 0.309 e. The van der Waals surface area contributed by atoms with Gasteiger partial charge in [0.25, 0.3) is 0 Å². The van der Waals surface area contributed by atoms with Crippen LogP contribution in [0, 0.1) is 0 Å². The fourth-order valence-electron chi connectivity index (χ4n) is 8.31. The van der Waals surface area contributed by atoms with Gasteiger partial charge in [-0.2, -0.15) is 0 Å². The zero-order valence-electron chi connectivity index (χ0n) is 28.9. The van der Waals surface area contributed by atoms with Crippen LogP contribution in [0.4, 0.5) is 0 Å². The van der Waals surface area contributed by atoms with Gasteiger partial charge in [0.05, 0.1) is 33.1 Å². The van der Waals surface area contributed by atoms with Crippen LogP contribution in [0.15, 0.2) is 189 Å². The Kier molecular flexibility index (Phi) is 6.87. The summed E-state index contributed by atoms with van der Waals surface area (Å²) < 4.78 is 7.13. The molecule has 7 aromatic carbocycles. The first-order chi connectivity index (χ1) is 25.7. The highest BCUT2D eigenvalue weighted by molar-refractivity contribution is 6.14. The number of benzene rings is 7. The number of aromatic nitrogens is 3. The predicted molar refractivity (Wildman–Crippen MR) is 223 cm³/mol. The van der Waals surface area contributed by atoms with Gasteiger partial charge in [-0.3, -0.25) is 0 Å². The maximum atomic E-state index is 3.99. The number of fused-ring (bicyclic) bond motifs is 9. The fraction of sp³-hybridized carbons (Fsp3) is 0.0204. The van der Waals surface area contributed by atoms with E-state index in [4.69, 9.17) is 0 Å². The van der Waals surface area contributed by atoms with Crippen LogP contribution >= 0.6 is 0 Å². The Morgan fingerprint density at radius 1 is 0.442 bits per heavy atom. The van der Waals surface area contributed by atoms with Crippen molar-refractivity contribution in [3.05, 3.63) is 189 Å². The fourth-order valence-corrected chi connectivity index (χ4v) is 8.31. The molecule has 246 valence electrons. The molecule has 0 N–H and O–H groups in total. The van der Waals surface area contributed by atoms with E-state index in [0.29, 0.717) is 0 Å². The zero-order valence-corrected chi connectivity index (χ0v) is 28.9. The summed E-state index contributed by atoms with van der Waals surface area (Å²) in [4.78, 5) is 0. The summed E-state index contributed by atoms with van der Waals surface area (Å²) in [7, 11) is 0. The van der Waals surface area contributed by atoms with E-state index in [9.17, 15) is 0 Å². The van der Waals surface area contributed by atoms with Crippen molar-refractivity contribution in [1.29, 1.82) is 0 Å². The molecule has 10 aromatic rings. The summed E-state index contributed by atoms with van der Waals surface area (Å²) in [6, 6.07) is 57.6. The summed E-state index contributed by atoms with van der Waals surface area (Å²) in [5.74, 6) is 0. The third-order valence-electron chi connectivity index (χ3n) is 10.5. The third kappa shape index (κ3) is 4.46. The van der Waals surface area contributed by atoms with Gasteiger partial charge in [0.15, 0.2) is 0 Å². The highest BCUT2D eigenvalue weighted by Gasteiger charge is 2.18. The minimum atomic E-state index is 1.09. The molecule has 0 aliphatic rings. The van der Waals surface area contributed by atoms with Crippen LogP contribution < -0.4 is 0 Å². The molecule has 0 saturated carbocycles. The normalized spacial score (nSPS) is 12.4. The second kappa shape index (κ2) is 11.9. The van der Waals surface area contributed by atoms with Crippen molar-refractivity contribution in [2.75, 3.05) is 0 Å². The van der Waals surface area contributed by atoms with Crippen LogP contribution in [0.5, 0.6) is 0 Å². The summed E-state index contributed by atoms with van der Waals surface area (Å²) in [5.41, 5.74) is 13.0. The van der Waals surface area contributed by atoms with Gasteiger partial charge in [-0.25, -0.2) is 0 Å². The summed E-state index contributed by atoms with van der Waals surface area (Å²) in [6.07, 6.45) is 8.16. The lowest BCUT2D eigenvalue weighted by atomic mass is 10.0. The number of hydrogen-bond donors (Lipinski definition) is 0. The van der Waals surface area contributed by atoms with Crippen LogP contribution in [0.25, 0.3) is 93.6 Å². The molecule has 52 heavy (non-hydrogen) atoms. The number of hydrogen-bond acceptors (Lipinski definition) is 0. The van der Waals surface area contributed by atoms with E-state index in [-0.39, 0.29) is 0 Å². The molecule has 0 aliphatic carbocycles. The van der Waals surface area contributed by atoms with E-state index in [0.717, 1.165) is 11.4 Å². The number of rotatable bonds is 6. The molecule has 3 heteroatoms. The Balaban J connectivity index is 1.16. The molecule has 3 heterocycles. The van der Waals surface area contributed by atoms with E-state index in [1.165, 1.54) is 82.2 Å². The lowest BCUT2D eigenvalue weighted by Crippen LogP contribution is -1.96. The minimum absolute atomic E-state index is 1.09. The van der Waals surface area contributed by atoms with Gasteiger partial charge >= 0.3 is 0 Å². The van der Waals surface area contributed by atoms with Crippen molar-refractivity contribution in [2.45, 2.75) is 6.92 Å². The van der Waals surface area contributed by atoms with Crippen molar-refractivity contribution in [2.24, 2.45) is 0 Å². The molecule has 0 bridgehead atoms. The molecule has 3 aromatic heterocycles. The zero-order chi connectivity index (χ0) is 34.8.